The highest BCUT2D eigenvalue weighted by Crippen LogP contribution is 2.30. The quantitative estimate of drug-likeness (QED) is 0.623. The Hall–Kier alpha value is -3.42. The van der Waals surface area contributed by atoms with Crippen LogP contribution in [0.25, 0.3) is 0 Å². The maximum Gasteiger partial charge on any atom is 0.360 e. The van der Waals surface area contributed by atoms with Crippen molar-refractivity contribution in [1.29, 1.82) is 0 Å². The van der Waals surface area contributed by atoms with Crippen LogP contribution >= 0.6 is 0 Å². The van der Waals surface area contributed by atoms with Crippen molar-refractivity contribution in [2.45, 2.75) is 13.8 Å². The Morgan fingerprint density at radius 2 is 1.78 bits per heavy atom. The number of nitrogens with zero attached hydrogens (tertiary/aromatic N) is 2. The largest absolute Gasteiger partial charge is 0.413 e. The van der Waals surface area contributed by atoms with Gasteiger partial charge in [0.15, 0.2) is 5.70 Å². The summed E-state index contributed by atoms with van der Waals surface area (Å²) in [6.07, 6.45) is 1.54. The minimum atomic E-state index is -0.776. The highest BCUT2D eigenvalue weighted by Gasteiger charge is 2.44. The molecule has 8 heteroatoms. The molecule has 1 aliphatic rings. The number of imide groups is 1. The number of amides is 2. The minimum Gasteiger partial charge on any atom is -0.413 e. The summed E-state index contributed by atoms with van der Waals surface area (Å²) in [4.78, 5) is 43.4. The van der Waals surface area contributed by atoms with E-state index in [0.29, 0.717) is 13.1 Å². The maximum atomic E-state index is 13.2. The molecule has 0 radical (unpaired) electrons. The number of aromatic nitrogens is 1. The molecule has 0 fully saturated rings. The highest BCUT2D eigenvalue weighted by atomic mass is 19.1. The number of nitrogens with one attached hydrogen (secondary N) is 1. The topological polar surface area (TPSA) is 82.7 Å². The van der Waals surface area contributed by atoms with Crippen molar-refractivity contribution in [3.63, 3.8) is 0 Å². The average Bonchev–Trinajstić information content (AvgIpc) is 3.27. The number of likely N-dealkylation sites (N-methyl/N-ethyl adjacent to an activating group) is 1. The number of carbonyl (C=O) groups excluding carboxylic acids is 3. The Balaban J connectivity index is 2.01. The Morgan fingerprint density at radius 1 is 1.11 bits per heavy atom. The molecular formula is C19H18FN3O4. The fraction of sp³-hybridized carbons (Fsp3) is 0.211. The Labute approximate surface area is 155 Å². The second-order valence-corrected chi connectivity index (χ2v) is 5.75. The van der Waals surface area contributed by atoms with Crippen molar-refractivity contribution >= 4 is 23.5 Å². The predicted octanol–water partition coefficient (Wildman–Crippen LogP) is 2.44. The number of anilines is 1. The Kier molecular flexibility index (Phi) is 5.07. The predicted molar refractivity (Wildman–Crippen MR) is 95.0 cm³/mol. The first kappa shape index (κ1) is 18.4. The number of aromatic amines is 1. The van der Waals surface area contributed by atoms with Gasteiger partial charge >= 0.3 is 11.9 Å². The third kappa shape index (κ3) is 3.33. The number of H-pyrrole nitrogens is 1. The number of ether oxygens (including phenoxy) is 1. The van der Waals surface area contributed by atoms with Gasteiger partial charge in [-0.3, -0.25) is 9.59 Å². The summed E-state index contributed by atoms with van der Waals surface area (Å²) in [5, 5.41) is 0. The van der Waals surface area contributed by atoms with Gasteiger partial charge in [0.05, 0.1) is 5.69 Å². The molecule has 0 spiro atoms. The second-order valence-electron chi connectivity index (χ2n) is 5.75. The summed E-state index contributed by atoms with van der Waals surface area (Å²) < 4.78 is 18.5. The van der Waals surface area contributed by atoms with Crippen molar-refractivity contribution in [3.8, 4) is 0 Å². The van der Waals surface area contributed by atoms with Gasteiger partial charge in [0.2, 0.25) is 5.76 Å². The Bertz CT molecular complexity index is 900. The molecule has 0 saturated carbocycles. The van der Waals surface area contributed by atoms with Crippen LogP contribution in [0, 0.1) is 5.82 Å². The van der Waals surface area contributed by atoms with Gasteiger partial charge in [-0.15, -0.1) is 0 Å². The van der Waals surface area contributed by atoms with E-state index in [2.05, 4.69) is 4.98 Å². The maximum absolute atomic E-state index is 13.2. The molecule has 1 aromatic carbocycles. The number of rotatable bonds is 6. The van der Waals surface area contributed by atoms with E-state index in [9.17, 15) is 18.8 Å². The first-order valence-electron chi connectivity index (χ1n) is 8.47. The lowest BCUT2D eigenvalue weighted by Gasteiger charge is -2.22. The lowest BCUT2D eigenvalue weighted by molar-refractivity contribution is -0.122. The zero-order valence-electron chi connectivity index (χ0n) is 14.9. The highest BCUT2D eigenvalue weighted by molar-refractivity contribution is 6.32. The van der Waals surface area contributed by atoms with Crippen LogP contribution in [0.15, 0.2) is 54.1 Å². The molecule has 7 nitrogen and oxygen atoms in total. The molecule has 0 atom stereocenters. The molecule has 140 valence electrons. The Morgan fingerprint density at radius 3 is 2.33 bits per heavy atom. The van der Waals surface area contributed by atoms with Gasteiger partial charge in [-0.1, -0.05) is 0 Å². The van der Waals surface area contributed by atoms with Crippen LogP contribution in [0.4, 0.5) is 10.1 Å². The van der Waals surface area contributed by atoms with Crippen LogP contribution < -0.4 is 4.90 Å². The molecule has 2 aromatic rings. The number of halogens is 1. The summed E-state index contributed by atoms with van der Waals surface area (Å²) in [6, 6.07) is 8.05. The standard InChI is InChI=1S/C19H18FN3O4/c1-3-22(4-2)15-16(27-19(26)14-6-5-11-21-14)18(25)23(17(15)24)13-9-7-12(20)8-10-13/h5-11,21H,3-4H2,1-2H3. The number of hydrogen-bond acceptors (Lipinski definition) is 5. The third-order valence-corrected chi connectivity index (χ3v) is 4.20. The summed E-state index contributed by atoms with van der Waals surface area (Å²) in [5.41, 5.74) is 0.359. The number of carbonyl (C=O) groups is 3. The number of hydrogen-bond donors (Lipinski definition) is 1. The fourth-order valence-corrected chi connectivity index (χ4v) is 2.84. The normalized spacial score (nSPS) is 14.1. The van der Waals surface area contributed by atoms with Crippen LogP contribution in [0.3, 0.4) is 0 Å². The summed E-state index contributed by atoms with van der Waals surface area (Å²) in [6.45, 7) is 4.51. The fourth-order valence-electron chi connectivity index (χ4n) is 2.84. The first-order valence-corrected chi connectivity index (χ1v) is 8.47. The summed E-state index contributed by atoms with van der Waals surface area (Å²) in [7, 11) is 0. The molecule has 3 rings (SSSR count). The molecule has 2 heterocycles. The lowest BCUT2D eigenvalue weighted by Crippen LogP contribution is -2.35. The van der Waals surface area contributed by atoms with Gasteiger partial charge in [-0.2, -0.15) is 0 Å². The van der Waals surface area contributed by atoms with Crippen molar-refractivity contribution < 1.29 is 23.5 Å². The van der Waals surface area contributed by atoms with Gasteiger partial charge in [0.1, 0.15) is 11.5 Å². The van der Waals surface area contributed by atoms with Crippen molar-refractivity contribution in [2.75, 3.05) is 18.0 Å². The van der Waals surface area contributed by atoms with Crippen molar-refractivity contribution in [2.24, 2.45) is 0 Å². The van der Waals surface area contributed by atoms with E-state index in [0.717, 1.165) is 17.0 Å². The van der Waals surface area contributed by atoms with Gasteiger partial charge in [0.25, 0.3) is 5.91 Å². The number of esters is 1. The van der Waals surface area contributed by atoms with Crippen LogP contribution in [0.2, 0.25) is 0 Å². The zero-order valence-corrected chi connectivity index (χ0v) is 14.9. The molecule has 27 heavy (non-hydrogen) atoms. The molecule has 0 saturated heterocycles. The van der Waals surface area contributed by atoms with Gasteiger partial charge in [-0.05, 0) is 50.2 Å². The van der Waals surface area contributed by atoms with E-state index in [1.54, 1.807) is 17.2 Å². The van der Waals surface area contributed by atoms with Crippen molar-refractivity contribution in [1.82, 2.24) is 9.88 Å². The van der Waals surface area contributed by atoms with Crippen molar-refractivity contribution in [3.05, 3.63) is 65.6 Å². The van der Waals surface area contributed by atoms with E-state index in [1.807, 2.05) is 13.8 Å². The molecule has 0 aliphatic carbocycles. The van der Waals surface area contributed by atoms with E-state index >= 15 is 0 Å². The smallest absolute Gasteiger partial charge is 0.360 e. The van der Waals surface area contributed by atoms with E-state index < -0.39 is 23.6 Å². The SMILES string of the molecule is CCN(CC)C1=C(OC(=O)c2ccc[nH]2)C(=O)N(c2ccc(F)cc2)C1=O. The molecule has 0 unspecified atom stereocenters. The minimum absolute atomic E-state index is 0.00855. The van der Waals surface area contributed by atoms with Crippen LogP contribution in [-0.4, -0.2) is 40.8 Å². The first-order chi connectivity index (χ1) is 13.0. The lowest BCUT2D eigenvalue weighted by atomic mass is 10.3. The second kappa shape index (κ2) is 7.45. The molecular weight excluding hydrogens is 353 g/mol. The summed E-state index contributed by atoms with van der Waals surface area (Å²) >= 11 is 0. The summed E-state index contributed by atoms with van der Waals surface area (Å²) in [5.74, 6) is -3.00. The monoisotopic (exact) mass is 371 g/mol. The van der Waals surface area contributed by atoms with Gasteiger partial charge < -0.3 is 14.6 Å². The molecule has 1 N–H and O–H groups in total. The zero-order chi connectivity index (χ0) is 19.6. The van der Waals surface area contributed by atoms with E-state index in [1.165, 1.54) is 18.2 Å². The van der Waals surface area contributed by atoms with E-state index in [4.69, 9.17) is 4.74 Å². The number of benzene rings is 1. The molecule has 1 aliphatic heterocycles. The van der Waals surface area contributed by atoms with Crippen LogP contribution in [0.1, 0.15) is 24.3 Å². The molecule has 1 aromatic heterocycles. The average molecular weight is 371 g/mol. The van der Waals surface area contributed by atoms with E-state index in [-0.39, 0.29) is 22.8 Å². The van der Waals surface area contributed by atoms with Crippen LogP contribution in [-0.2, 0) is 14.3 Å². The van der Waals surface area contributed by atoms with Gasteiger partial charge in [-0.25, -0.2) is 14.1 Å². The third-order valence-electron chi connectivity index (χ3n) is 4.20. The molecule has 2 amide bonds. The van der Waals surface area contributed by atoms with Gasteiger partial charge in [0, 0.05) is 19.3 Å². The molecule has 0 bridgehead atoms. The van der Waals surface area contributed by atoms with Crippen LogP contribution in [0.5, 0.6) is 0 Å².